The summed E-state index contributed by atoms with van der Waals surface area (Å²) in [5, 5.41) is 4.45. The molecule has 0 aliphatic heterocycles. The van der Waals surface area contributed by atoms with Crippen LogP contribution in [0.15, 0.2) is 30.3 Å². The maximum Gasteiger partial charge on any atom is 0.122 e. The number of hydrogen-bond donors (Lipinski definition) is 1. The van der Waals surface area contributed by atoms with E-state index >= 15 is 0 Å². The van der Waals surface area contributed by atoms with E-state index in [-0.39, 0.29) is 0 Å². The average Bonchev–Trinajstić information content (AvgIpc) is 2.86. The minimum absolute atomic E-state index is 0.494. The molecule has 1 aromatic carbocycles. The lowest BCUT2D eigenvalue weighted by Gasteiger charge is -2.06. The van der Waals surface area contributed by atoms with Crippen LogP contribution in [0.1, 0.15) is 23.6 Å². The Morgan fingerprint density at radius 3 is 2.55 bits per heavy atom. The van der Waals surface area contributed by atoms with Gasteiger partial charge in [0.15, 0.2) is 0 Å². The van der Waals surface area contributed by atoms with Gasteiger partial charge in [-0.1, -0.05) is 37.0 Å². The van der Waals surface area contributed by atoms with Crippen molar-refractivity contribution in [1.82, 2.24) is 5.32 Å². The maximum absolute atomic E-state index is 5.95. The molecule has 2 aromatic rings. The zero-order chi connectivity index (χ0) is 14.5. The fourth-order valence-electron chi connectivity index (χ4n) is 1.62. The van der Waals surface area contributed by atoms with Gasteiger partial charge in [0.2, 0.25) is 0 Å². The lowest BCUT2D eigenvalue weighted by molar-refractivity contribution is 0.310. The first-order valence-corrected chi connectivity index (χ1v) is 8.00. The standard InChI is InChI=1S/C15H17Cl2NOS/c1-10(2)18-8-12-4-5-13(20-12)9-19-11-3-6-14(16)15(17)7-11/h3-7,10,18H,8-9H2,1-2H3. The summed E-state index contributed by atoms with van der Waals surface area (Å²) in [6.07, 6.45) is 0. The Kier molecular flexibility index (Phi) is 5.73. The monoisotopic (exact) mass is 329 g/mol. The van der Waals surface area contributed by atoms with Crippen molar-refractivity contribution in [3.8, 4) is 5.75 Å². The van der Waals surface area contributed by atoms with Crippen molar-refractivity contribution >= 4 is 34.5 Å². The highest BCUT2D eigenvalue weighted by Crippen LogP contribution is 2.27. The van der Waals surface area contributed by atoms with E-state index in [9.17, 15) is 0 Å². The van der Waals surface area contributed by atoms with Gasteiger partial charge in [-0.3, -0.25) is 0 Å². The van der Waals surface area contributed by atoms with E-state index in [1.807, 2.05) is 6.07 Å². The molecule has 2 rings (SSSR count). The van der Waals surface area contributed by atoms with E-state index in [4.69, 9.17) is 27.9 Å². The first kappa shape index (κ1) is 15.6. The van der Waals surface area contributed by atoms with E-state index in [1.165, 1.54) is 9.75 Å². The normalized spacial score (nSPS) is 11.1. The Morgan fingerprint density at radius 2 is 1.85 bits per heavy atom. The van der Waals surface area contributed by atoms with E-state index in [1.54, 1.807) is 23.5 Å². The number of nitrogens with one attached hydrogen (secondary N) is 1. The van der Waals surface area contributed by atoms with Crippen LogP contribution in [-0.2, 0) is 13.2 Å². The second-order valence-electron chi connectivity index (χ2n) is 4.77. The van der Waals surface area contributed by atoms with E-state index in [0.717, 1.165) is 12.3 Å². The van der Waals surface area contributed by atoms with Gasteiger partial charge < -0.3 is 10.1 Å². The molecule has 0 radical (unpaired) electrons. The van der Waals surface area contributed by atoms with E-state index < -0.39 is 0 Å². The molecule has 20 heavy (non-hydrogen) atoms. The third-order valence-corrected chi connectivity index (χ3v) is 4.47. The van der Waals surface area contributed by atoms with Crippen LogP contribution in [0.2, 0.25) is 10.0 Å². The number of rotatable bonds is 6. The fraction of sp³-hybridized carbons (Fsp3) is 0.333. The molecule has 1 heterocycles. The third kappa shape index (κ3) is 4.67. The van der Waals surface area contributed by atoms with Gasteiger partial charge in [-0.05, 0) is 24.3 Å². The van der Waals surface area contributed by atoms with E-state index in [0.29, 0.717) is 22.7 Å². The molecule has 2 nitrogen and oxygen atoms in total. The molecule has 1 aromatic heterocycles. The fourth-order valence-corrected chi connectivity index (χ4v) is 2.79. The summed E-state index contributed by atoms with van der Waals surface area (Å²) in [7, 11) is 0. The largest absolute Gasteiger partial charge is 0.488 e. The smallest absolute Gasteiger partial charge is 0.122 e. The Labute approximate surface area is 133 Å². The van der Waals surface area contributed by atoms with Gasteiger partial charge in [-0.25, -0.2) is 0 Å². The van der Waals surface area contributed by atoms with Gasteiger partial charge in [0.05, 0.1) is 10.0 Å². The molecule has 0 spiro atoms. The predicted octanol–water partition coefficient (Wildman–Crippen LogP) is 5.13. The van der Waals surface area contributed by atoms with Crippen LogP contribution in [-0.4, -0.2) is 6.04 Å². The third-order valence-electron chi connectivity index (χ3n) is 2.67. The van der Waals surface area contributed by atoms with Gasteiger partial charge in [0.25, 0.3) is 0 Å². The quantitative estimate of drug-likeness (QED) is 0.792. The lowest BCUT2D eigenvalue weighted by Crippen LogP contribution is -2.21. The van der Waals surface area contributed by atoms with Crippen molar-refractivity contribution in [2.24, 2.45) is 0 Å². The zero-order valence-corrected chi connectivity index (χ0v) is 13.8. The highest BCUT2D eigenvalue weighted by atomic mass is 35.5. The van der Waals surface area contributed by atoms with Crippen LogP contribution >= 0.6 is 34.5 Å². The molecule has 0 saturated heterocycles. The number of ether oxygens (including phenoxy) is 1. The summed E-state index contributed by atoms with van der Waals surface area (Å²) in [5.41, 5.74) is 0. The van der Waals surface area contributed by atoms with Crippen LogP contribution in [0.4, 0.5) is 0 Å². The molecule has 0 saturated carbocycles. The summed E-state index contributed by atoms with van der Waals surface area (Å²) >= 11 is 13.6. The highest BCUT2D eigenvalue weighted by Gasteiger charge is 2.04. The Balaban J connectivity index is 1.89. The molecule has 0 atom stereocenters. The average molecular weight is 330 g/mol. The molecule has 0 amide bonds. The van der Waals surface area contributed by atoms with Gasteiger partial charge in [-0.2, -0.15) is 0 Å². The minimum Gasteiger partial charge on any atom is -0.488 e. The molecular formula is C15H17Cl2NOS. The molecule has 0 unspecified atom stereocenters. The van der Waals surface area contributed by atoms with Crippen molar-refractivity contribution in [2.45, 2.75) is 33.0 Å². The highest BCUT2D eigenvalue weighted by molar-refractivity contribution is 7.11. The van der Waals surface area contributed by atoms with Crippen LogP contribution in [0.5, 0.6) is 5.75 Å². The summed E-state index contributed by atoms with van der Waals surface area (Å²) < 4.78 is 5.71. The number of hydrogen-bond acceptors (Lipinski definition) is 3. The van der Waals surface area contributed by atoms with Crippen LogP contribution in [0.25, 0.3) is 0 Å². The summed E-state index contributed by atoms with van der Waals surface area (Å²) in [5.74, 6) is 0.731. The second kappa shape index (κ2) is 7.32. The summed E-state index contributed by atoms with van der Waals surface area (Å²) in [6, 6.07) is 10.0. The number of thiophene rings is 1. The van der Waals surface area contributed by atoms with Crippen molar-refractivity contribution < 1.29 is 4.74 Å². The van der Waals surface area contributed by atoms with Gasteiger partial charge in [0, 0.05) is 28.4 Å². The van der Waals surface area contributed by atoms with Crippen LogP contribution in [0.3, 0.4) is 0 Å². The van der Waals surface area contributed by atoms with Gasteiger partial charge in [-0.15, -0.1) is 11.3 Å². The van der Waals surface area contributed by atoms with Crippen molar-refractivity contribution in [2.75, 3.05) is 0 Å². The van der Waals surface area contributed by atoms with Crippen molar-refractivity contribution in [3.05, 3.63) is 50.1 Å². The van der Waals surface area contributed by atoms with Gasteiger partial charge in [0.1, 0.15) is 12.4 Å². The first-order chi connectivity index (χ1) is 9.54. The number of benzene rings is 1. The summed E-state index contributed by atoms with van der Waals surface area (Å²) in [4.78, 5) is 2.50. The van der Waals surface area contributed by atoms with Crippen LogP contribution in [0, 0.1) is 0 Å². The first-order valence-electron chi connectivity index (χ1n) is 6.43. The number of halogens is 2. The SMILES string of the molecule is CC(C)NCc1ccc(COc2ccc(Cl)c(Cl)c2)s1. The Hall–Kier alpha value is -0.740. The van der Waals surface area contributed by atoms with E-state index in [2.05, 4.69) is 31.3 Å². The van der Waals surface area contributed by atoms with Crippen molar-refractivity contribution in [3.63, 3.8) is 0 Å². The molecule has 0 aliphatic carbocycles. The Bertz CT molecular complexity index is 569. The molecule has 0 fully saturated rings. The predicted molar refractivity (Wildman–Crippen MR) is 87.1 cm³/mol. The zero-order valence-electron chi connectivity index (χ0n) is 11.5. The summed E-state index contributed by atoms with van der Waals surface area (Å²) in [6.45, 7) is 5.73. The van der Waals surface area contributed by atoms with Gasteiger partial charge >= 0.3 is 0 Å². The topological polar surface area (TPSA) is 21.3 Å². The molecule has 5 heteroatoms. The molecule has 0 aliphatic rings. The molecule has 1 N–H and O–H groups in total. The van der Waals surface area contributed by atoms with Crippen molar-refractivity contribution in [1.29, 1.82) is 0 Å². The van der Waals surface area contributed by atoms with Crippen LogP contribution < -0.4 is 10.1 Å². The molecule has 108 valence electrons. The lowest BCUT2D eigenvalue weighted by atomic mass is 10.3. The minimum atomic E-state index is 0.494. The molecule has 0 bridgehead atoms. The molecular weight excluding hydrogens is 313 g/mol. The maximum atomic E-state index is 5.95. The Morgan fingerprint density at radius 1 is 1.10 bits per heavy atom. The second-order valence-corrected chi connectivity index (χ2v) is 6.84.